The predicted octanol–water partition coefficient (Wildman–Crippen LogP) is 4.62. The Kier molecular flexibility index (Phi) is 6.54. The zero-order valence-corrected chi connectivity index (χ0v) is 12.6. The van der Waals surface area contributed by atoms with Crippen LogP contribution < -0.4 is 5.32 Å². The molecule has 0 radical (unpaired) electrons. The van der Waals surface area contributed by atoms with E-state index in [2.05, 4.69) is 39.9 Å². The van der Waals surface area contributed by atoms with Gasteiger partial charge in [-0.15, -0.1) is 0 Å². The Morgan fingerprint density at radius 1 is 0.941 bits per heavy atom. The summed E-state index contributed by atoms with van der Waals surface area (Å²) in [6.45, 7) is 11.8. The molecule has 0 amide bonds. The van der Waals surface area contributed by atoms with Gasteiger partial charge in [0.05, 0.1) is 0 Å². The summed E-state index contributed by atoms with van der Waals surface area (Å²) in [7, 11) is 0. The average Bonchev–Trinajstić information content (AvgIpc) is 2.19. The molecule has 1 fully saturated rings. The molecule has 1 nitrogen and oxygen atoms in total. The maximum atomic E-state index is 3.97. The largest absolute Gasteiger partial charge is 0.311 e. The summed E-state index contributed by atoms with van der Waals surface area (Å²) in [6.07, 6.45) is 8.36. The Bertz CT molecular complexity index is 188. The number of nitrogens with one attached hydrogen (secondary N) is 1. The van der Waals surface area contributed by atoms with E-state index >= 15 is 0 Å². The number of hydrogen-bond donors (Lipinski definition) is 1. The minimum absolute atomic E-state index is 0.737. The van der Waals surface area contributed by atoms with Crippen molar-refractivity contribution in [1.29, 1.82) is 0 Å². The number of rotatable bonds is 6. The highest BCUT2D eigenvalue weighted by Gasteiger charge is 2.24. The van der Waals surface area contributed by atoms with E-state index in [1.807, 2.05) is 0 Å². The van der Waals surface area contributed by atoms with Gasteiger partial charge in [-0.25, -0.2) is 0 Å². The van der Waals surface area contributed by atoms with E-state index in [0.29, 0.717) is 0 Å². The van der Waals surface area contributed by atoms with Gasteiger partial charge in [-0.05, 0) is 43.4 Å². The van der Waals surface area contributed by atoms with Crippen molar-refractivity contribution >= 4 is 0 Å². The van der Waals surface area contributed by atoms with Crippen LogP contribution in [-0.4, -0.2) is 12.1 Å². The van der Waals surface area contributed by atoms with Crippen LogP contribution in [0.2, 0.25) is 0 Å². The van der Waals surface area contributed by atoms with Crippen LogP contribution in [-0.2, 0) is 0 Å². The van der Waals surface area contributed by atoms with E-state index in [0.717, 1.165) is 29.8 Å². The number of hydrogen-bond acceptors (Lipinski definition) is 1. The molecule has 0 aliphatic heterocycles. The normalized spacial score (nSPS) is 26.1. The first-order valence-electron chi connectivity index (χ1n) is 7.75. The molecule has 0 aromatic rings. The van der Waals surface area contributed by atoms with Crippen molar-refractivity contribution in [2.45, 2.75) is 85.2 Å². The molecular weight excluding hydrogens is 206 g/mol. The standard InChI is InChI=1S/C16H33N/c1-12(2)10-15(11-13(3)4)17-16-9-7-6-8-14(16)5/h12-17H,6-11H2,1-5H3. The van der Waals surface area contributed by atoms with Gasteiger partial charge in [0, 0.05) is 12.1 Å². The van der Waals surface area contributed by atoms with Gasteiger partial charge >= 0.3 is 0 Å². The maximum absolute atomic E-state index is 3.97. The summed E-state index contributed by atoms with van der Waals surface area (Å²) in [4.78, 5) is 0. The molecule has 1 aliphatic carbocycles. The molecule has 1 N–H and O–H groups in total. The molecule has 0 saturated heterocycles. The van der Waals surface area contributed by atoms with E-state index in [-0.39, 0.29) is 0 Å². The Morgan fingerprint density at radius 3 is 1.94 bits per heavy atom. The lowest BCUT2D eigenvalue weighted by Gasteiger charge is -2.34. The molecule has 1 aliphatic rings. The smallest absolute Gasteiger partial charge is 0.00952 e. The van der Waals surface area contributed by atoms with E-state index in [9.17, 15) is 0 Å². The zero-order chi connectivity index (χ0) is 12.8. The fourth-order valence-electron chi connectivity index (χ4n) is 3.24. The van der Waals surface area contributed by atoms with Crippen LogP contribution in [0.4, 0.5) is 0 Å². The minimum Gasteiger partial charge on any atom is -0.311 e. The van der Waals surface area contributed by atoms with Crippen LogP contribution in [0.15, 0.2) is 0 Å². The van der Waals surface area contributed by atoms with Gasteiger partial charge in [-0.1, -0.05) is 47.5 Å². The lowest BCUT2D eigenvalue weighted by molar-refractivity contribution is 0.232. The monoisotopic (exact) mass is 239 g/mol. The van der Waals surface area contributed by atoms with Crippen LogP contribution in [0.25, 0.3) is 0 Å². The Hall–Kier alpha value is -0.0400. The first-order valence-corrected chi connectivity index (χ1v) is 7.75. The highest BCUT2D eigenvalue weighted by atomic mass is 15.0. The quantitative estimate of drug-likeness (QED) is 0.713. The summed E-state index contributed by atoms with van der Waals surface area (Å²) in [5.74, 6) is 2.50. The SMILES string of the molecule is CC(C)CC(CC(C)C)NC1CCCCC1C. The van der Waals surface area contributed by atoms with Gasteiger partial charge in [0.1, 0.15) is 0 Å². The van der Waals surface area contributed by atoms with E-state index < -0.39 is 0 Å². The maximum Gasteiger partial charge on any atom is 0.00952 e. The van der Waals surface area contributed by atoms with Gasteiger partial charge in [-0.3, -0.25) is 0 Å². The van der Waals surface area contributed by atoms with Crippen molar-refractivity contribution in [3.8, 4) is 0 Å². The Balaban J connectivity index is 2.45. The Morgan fingerprint density at radius 2 is 1.47 bits per heavy atom. The molecule has 17 heavy (non-hydrogen) atoms. The average molecular weight is 239 g/mol. The molecule has 0 spiro atoms. The van der Waals surface area contributed by atoms with E-state index in [1.54, 1.807) is 0 Å². The predicted molar refractivity (Wildman–Crippen MR) is 77.3 cm³/mol. The second-order valence-electron chi connectivity index (χ2n) is 6.99. The van der Waals surface area contributed by atoms with Crippen molar-refractivity contribution in [2.75, 3.05) is 0 Å². The van der Waals surface area contributed by atoms with Gasteiger partial charge in [0.2, 0.25) is 0 Å². The van der Waals surface area contributed by atoms with Gasteiger partial charge in [0.25, 0.3) is 0 Å². The van der Waals surface area contributed by atoms with Crippen molar-refractivity contribution in [2.24, 2.45) is 17.8 Å². The fourth-order valence-corrected chi connectivity index (χ4v) is 3.24. The van der Waals surface area contributed by atoms with E-state index in [4.69, 9.17) is 0 Å². The fraction of sp³-hybridized carbons (Fsp3) is 1.00. The van der Waals surface area contributed by atoms with E-state index in [1.165, 1.54) is 38.5 Å². The van der Waals surface area contributed by atoms with Crippen LogP contribution in [0.5, 0.6) is 0 Å². The highest BCUT2D eigenvalue weighted by Crippen LogP contribution is 2.25. The zero-order valence-electron chi connectivity index (χ0n) is 12.6. The van der Waals surface area contributed by atoms with Crippen LogP contribution in [0.3, 0.4) is 0 Å². The molecule has 2 unspecified atom stereocenters. The van der Waals surface area contributed by atoms with Gasteiger partial charge in [-0.2, -0.15) is 0 Å². The summed E-state index contributed by atoms with van der Waals surface area (Å²) in [6, 6.07) is 1.52. The van der Waals surface area contributed by atoms with Crippen molar-refractivity contribution < 1.29 is 0 Å². The molecule has 1 saturated carbocycles. The minimum atomic E-state index is 0.737. The molecule has 0 aromatic heterocycles. The summed E-state index contributed by atoms with van der Waals surface area (Å²) in [5, 5.41) is 3.97. The Labute approximate surface area is 109 Å². The van der Waals surface area contributed by atoms with Gasteiger partial charge < -0.3 is 5.32 Å². The third-order valence-electron chi connectivity index (χ3n) is 4.07. The second kappa shape index (κ2) is 7.41. The summed E-state index contributed by atoms with van der Waals surface area (Å²) >= 11 is 0. The van der Waals surface area contributed by atoms with Crippen LogP contribution >= 0.6 is 0 Å². The first-order chi connectivity index (χ1) is 7.99. The molecule has 0 bridgehead atoms. The lowest BCUT2D eigenvalue weighted by atomic mass is 9.84. The third-order valence-corrected chi connectivity index (χ3v) is 4.07. The molecule has 1 rings (SSSR count). The summed E-state index contributed by atoms with van der Waals surface area (Å²) < 4.78 is 0. The van der Waals surface area contributed by atoms with Crippen LogP contribution in [0.1, 0.15) is 73.1 Å². The second-order valence-corrected chi connectivity index (χ2v) is 6.99. The van der Waals surface area contributed by atoms with Gasteiger partial charge in [0.15, 0.2) is 0 Å². The van der Waals surface area contributed by atoms with Crippen molar-refractivity contribution in [3.63, 3.8) is 0 Å². The molecule has 102 valence electrons. The first kappa shape index (κ1) is 15.0. The lowest BCUT2D eigenvalue weighted by Crippen LogP contribution is -2.44. The highest BCUT2D eigenvalue weighted by molar-refractivity contribution is 4.82. The third kappa shape index (κ3) is 5.90. The van der Waals surface area contributed by atoms with Crippen molar-refractivity contribution in [3.05, 3.63) is 0 Å². The molecule has 2 atom stereocenters. The molecule has 0 heterocycles. The summed E-state index contributed by atoms with van der Waals surface area (Å²) in [5.41, 5.74) is 0. The van der Waals surface area contributed by atoms with Crippen molar-refractivity contribution in [1.82, 2.24) is 5.32 Å². The molecular formula is C16H33N. The van der Waals surface area contributed by atoms with Crippen LogP contribution in [0, 0.1) is 17.8 Å². The molecule has 1 heteroatoms. The topological polar surface area (TPSA) is 12.0 Å². The molecule has 0 aromatic carbocycles.